The van der Waals surface area contributed by atoms with E-state index in [-0.39, 0.29) is 18.0 Å². The molecule has 110 valence electrons. The van der Waals surface area contributed by atoms with E-state index in [4.69, 9.17) is 5.11 Å². The number of aliphatic hydroxyl groups excluding tert-OH is 1. The smallest absolute Gasteiger partial charge is 0.343 e. The van der Waals surface area contributed by atoms with E-state index in [1.807, 2.05) is 13.8 Å². The molecule has 0 aliphatic heterocycles. The normalized spacial score (nSPS) is 12.4. The van der Waals surface area contributed by atoms with E-state index in [2.05, 4.69) is 5.32 Å². The molecule has 0 bridgehead atoms. The van der Waals surface area contributed by atoms with Crippen LogP contribution in [0.2, 0.25) is 0 Å². The van der Waals surface area contributed by atoms with Gasteiger partial charge < -0.3 is 15.5 Å². The fourth-order valence-electron chi connectivity index (χ4n) is 1.72. The minimum atomic E-state index is -1.33. The van der Waals surface area contributed by atoms with Crippen molar-refractivity contribution in [3.63, 3.8) is 0 Å². The lowest BCUT2D eigenvalue weighted by Gasteiger charge is -2.15. The third kappa shape index (κ3) is 4.01. The summed E-state index contributed by atoms with van der Waals surface area (Å²) in [6, 6.07) is 4.13. The van der Waals surface area contributed by atoms with Crippen molar-refractivity contribution in [2.45, 2.75) is 26.5 Å². The van der Waals surface area contributed by atoms with Gasteiger partial charge in [-0.05, 0) is 11.5 Å². The first-order valence-electron chi connectivity index (χ1n) is 6.23. The number of carboxylic acids is 1. The lowest BCUT2D eigenvalue weighted by Crippen LogP contribution is -2.30. The Bertz CT molecular complexity index is 502. The van der Waals surface area contributed by atoms with E-state index < -0.39 is 22.7 Å². The summed E-state index contributed by atoms with van der Waals surface area (Å²) < 4.78 is 0. The summed E-state index contributed by atoms with van der Waals surface area (Å²) in [6.45, 7) is 4.16. The predicted molar refractivity (Wildman–Crippen MR) is 72.6 cm³/mol. The van der Waals surface area contributed by atoms with Crippen LogP contribution in [0, 0.1) is 16.0 Å². The molecule has 1 atom stereocenters. The SMILES string of the molecule is CC(C)C(O)CNCc1cccc([N+](=O)[O-])c1C(=O)O. The second-order valence-electron chi connectivity index (χ2n) is 4.82. The first-order valence-corrected chi connectivity index (χ1v) is 6.23. The molecule has 3 N–H and O–H groups in total. The summed E-state index contributed by atoms with van der Waals surface area (Å²) in [7, 11) is 0. The molecule has 1 rings (SSSR count). The summed E-state index contributed by atoms with van der Waals surface area (Å²) in [5.41, 5.74) is -0.423. The number of carbonyl (C=O) groups is 1. The number of benzene rings is 1. The number of aliphatic hydroxyl groups is 1. The van der Waals surface area contributed by atoms with E-state index in [0.29, 0.717) is 12.1 Å². The van der Waals surface area contributed by atoms with Crippen molar-refractivity contribution >= 4 is 11.7 Å². The first-order chi connectivity index (χ1) is 9.34. The van der Waals surface area contributed by atoms with E-state index in [9.17, 15) is 20.0 Å². The van der Waals surface area contributed by atoms with Crippen LogP contribution in [-0.4, -0.2) is 33.8 Å². The van der Waals surface area contributed by atoms with Gasteiger partial charge in [-0.1, -0.05) is 26.0 Å². The Balaban J connectivity index is 2.87. The fourth-order valence-corrected chi connectivity index (χ4v) is 1.72. The largest absolute Gasteiger partial charge is 0.477 e. The summed E-state index contributed by atoms with van der Waals surface area (Å²) in [6.07, 6.45) is -0.554. The lowest BCUT2D eigenvalue weighted by molar-refractivity contribution is -0.385. The maximum absolute atomic E-state index is 11.2. The Morgan fingerprint density at radius 2 is 2.10 bits per heavy atom. The lowest BCUT2D eigenvalue weighted by atomic mass is 10.0. The van der Waals surface area contributed by atoms with Crippen LogP contribution >= 0.6 is 0 Å². The van der Waals surface area contributed by atoms with Gasteiger partial charge in [0.25, 0.3) is 5.69 Å². The van der Waals surface area contributed by atoms with Crippen molar-refractivity contribution in [3.05, 3.63) is 39.4 Å². The summed E-state index contributed by atoms with van der Waals surface area (Å²) in [4.78, 5) is 21.3. The molecule has 7 nitrogen and oxygen atoms in total. The molecule has 0 saturated carbocycles. The minimum Gasteiger partial charge on any atom is -0.477 e. The molecule has 0 aliphatic carbocycles. The summed E-state index contributed by atoms with van der Waals surface area (Å²) in [5.74, 6) is -1.26. The number of carboxylic acid groups (broad SMARTS) is 1. The highest BCUT2D eigenvalue weighted by Gasteiger charge is 2.23. The summed E-state index contributed by atoms with van der Waals surface area (Å²) in [5, 5.41) is 32.5. The van der Waals surface area contributed by atoms with E-state index >= 15 is 0 Å². The molecule has 1 unspecified atom stereocenters. The minimum absolute atomic E-state index is 0.0755. The Labute approximate surface area is 116 Å². The second kappa shape index (κ2) is 6.97. The van der Waals surface area contributed by atoms with Crippen molar-refractivity contribution in [2.75, 3.05) is 6.54 Å². The van der Waals surface area contributed by atoms with Crippen molar-refractivity contribution in [3.8, 4) is 0 Å². The van der Waals surface area contributed by atoms with E-state index in [1.165, 1.54) is 12.1 Å². The molecule has 0 aliphatic rings. The van der Waals surface area contributed by atoms with E-state index in [1.54, 1.807) is 0 Å². The van der Waals surface area contributed by atoms with Crippen LogP contribution in [0.5, 0.6) is 0 Å². The van der Waals surface area contributed by atoms with Crippen LogP contribution in [0.4, 0.5) is 5.69 Å². The molecule has 0 spiro atoms. The molecule has 7 heteroatoms. The average Bonchev–Trinajstić information content (AvgIpc) is 2.37. The maximum Gasteiger partial charge on any atom is 0.343 e. The van der Waals surface area contributed by atoms with Gasteiger partial charge in [0.05, 0.1) is 11.0 Å². The number of hydrogen-bond donors (Lipinski definition) is 3. The molecule has 1 aromatic rings. The highest BCUT2D eigenvalue weighted by atomic mass is 16.6. The topological polar surface area (TPSA) is 113 Å². The molecular formula is C13H18N2O5. The van der Waals surface area contributed by atoms with Crippen LogP contribution < -0.4 is 5.32 Å². The van der Waals surface area contributed by atoms with Crippen LogP contribution in [-0.2, 0) is 6.54 Å². The monoisotopic (exact) mass is 282 g/mol. The van der Waals surface area contributed by atoms with Gasteiger partial charge in [-0.15, -0.1) is 0 Å². The Kier molecular flexibility index (Phi) is 5.60. The number of hydrogen-bond acceptors (Lipinski definition) is 5. The number of nitrogens with zero attached hydrogens (tertiary/aromatic N) is 1. The third-order valence-electron chi connectivity index (χ3n) is 2.98. The zero-order valence-electron chi connectivity index (χ0n) is 11.4. The number of aromatic carboxylic acids is 1. The Morgan fingerprint density at radius 1 is 1.45 bits per heavy atom. The number of nitrogens with one attached hydrogen (secondary N) is 1. The maximum atomic E-state index is 11.2. The molecule has 0 aromatic heterocycles. The van der Waals surface area contributed by atoms with Gasteiger partial charge >= 0.3 is 5.97 Å². The van der Waals surface area contributed by atoms with Crippen molar-refractivity contribution < 1.29 is 19.9 Å². The molecule has 1 aromatic carbocycles. The Morgan fingerprint density at radius 3 is 2.60 bits per heavy atom. The molecule has 0 fully saturated rings. The standard InChI is InChI=1S/C13H18N2O5/c1-8(2)11(16)7-14-6-9-4-3-5-10(15(19)20)12(9)13(17)18/h3-5,8,11,14,16H,6-7H2,1-2H3,(H,17,18). The molecule has 0 amide bonds. The van der Waals surface area contributed by atoms with Crippen LogP contribution in [0.15, 0.2) is 18.2 Å². The average molecular weight is 282 g/mol. The second-order valence-corrected chi connectivity index (χ2v) is 4.82. The van der Waals surface area contributed by atoms with Gasteiger partial charge in [-0.2, -0.15) is 0 Å². The molecule has 0 saturated heterocycles. The van der Waals surface area contributed by atoms with Crippen LogP contribution in [0.1, 0.15) is 29.8 Å². The highest BCUT2D eigenvalue weighted by molar-refractivity contribution is 5.94. The summed E-state index contributed by atoms with van der Waals surface area (Å²) >= 11 is 0. The zero-order chi connectivity index (χ0) is 15.3. The molecular weight excluding hydrogens is 264 g/mol. The molecule has 0 heterocycles. The zero-order valence-corrected chi connectivity index (χ0v) is 11.4. The van der Waals surface area contributed by atoms with Gasteiger partial charge in [0.1, 0.15) is 5.56 Å². The number of nitro groups is 1. The molecule has 20 heavy (non-hydrogen) atoms. The van der Waals surface area contributed by atoms with Gasteiger partial charge in [0.2, 0.25) is 0 Å². The fraction of sp³-hybridized carbons (Fsp3) is 0.462. The number of nitro benzene ring substituents is 1. The third-order valence-corrected chi connectivity index (χ3v) is 2.98. The predicted octanol–water partition coefficient (Wildman–Crippen LogP) is 1.40. The van der Waals surface area contributed by atoms with Gasteiger partial charge in [0, 0.05) is 19.2 Å². The van der Waals surface area contributed by atoms with Gasteiger partial charge in [-0.25, -0.2) is 4.79 Å². The quantitative estimate of drug-likeness (QED) is 0.514. The van der Waals surface area contributed by atoms with Crippen molar-refractivity contribution in [1.82, 2.24) is 5.32 Å². The van der Waals surface area contributed by atoms with Gasteiger partial charge in [-0.3, -0.25) is 10.1 Å². The van der Waals surface area contributed by atoms with Crippen molar-refractivity contribution in [2.24, 2.45) is 5.92 Å². The first kappa shape index (κ1) is 16.1. The Hall–Kier alpha value is -1.99. The highest BCUT2D eigenvalue weighted by Crippen LogP contribution is 2.22. The van der Waals surface area contributed by atoms with E-state index in [0.717, 1.165) is 6.07 Å². The number of rotatable bonds is 7. The van der Waals surface area contributed by atoms with Crippen LogP contribution in [0.25, 0.3) is 0 Å². The molecule has 0 radical (unpaired) electrons. The van der Waals surface area contributed by atoms with Gasteiger partial charge in [0.15, 0.2) is 0 Å². The van der Waals surface area contributed by atoms with Crippen LogP contribution in [0.3, 0.4) is 0 Å². The van der Waals surface area contributed by atoms with Crippen molar-refractivity contribution in [1.29, 1.82) is 0 Å².